The van der Waals surface area contributed by atoms with Crippen LogP contribution < -0.4 is 23.8 Å². The summed E-state index contributed by atoms with van der Waals surface area (Å²) < 4.78 is 23.9. The maximum Gasteiger partial charge on any atom is 0.301 e. The van der Waals surface area contributed by atoms with Crippen LogP contribution in [0.4, 0.5) is 5.13 Å². The zero-order chi connectivity index (χ0) is 30.1. The van der Waals surface area contributed by atoms with Crippen molar-refractivity contribution in [3.63, 3.8) is 0 Å². The fraction of sp³-hybridized carbons (Fsp3) is 0.281. The number of ketones is 1. The van der Waals surface area contributed by atoms with E-state index in [2.05, 4.69) is 11.9 Å². The molecule has 1 N–H and O–H groups in total. The Balaban J connectivity index is 1.51. The lowest BCUT2D eigenvalue weighted by molar-refractivity contribution is -0.132. The molecule has 1 amide bonds. The number of amides is 1. The Morgan fingerprint density at radius 2 is 1.84 bits per heavy atom. The molecule has 0 saturated carbocycles. The van der Waals surface area contributed by atoms with Crippen molar-refractivity contribution < 1.29 is 33.6 Å². The quantitative estimate of drug-likeness (QED) is 0.0929. The van der Waals surface area contributed by atoms with Crippen LogP contribution >= 0.6 is 22.9 Å². The Kier molecular flexibility index (Phi) is 8.14. The topological polar surface area (TPSA) is 107 Å². The van der Waals surface area contributed by atoms with Crippen molar-refractivity contribution in [2.24, 2.45) is 0 Å². The molecule has 2 aliphatic heterocycles. The van der Waals surface area contributed by atoms with Crippen molar-refractivity contribution in [1.29, 1.82) is 0 Å². The molecule has 0 spiro atoms. The summed E-state index contributed by atoms with van der Waals surface area (Å²) in [6.07, 6.45) is 1.86. The Bertz CT molecular complexity index is 1750. The Hall–Kier alpha value is -4.28. The van der Waals surface area contributed by atoms with Gasteiger partial charge in [-0.3, -0.25) is 14.5 Å². The number of ether oxygens (including phenoxy) is 4. The number of aliphatic hydroxyl groups is 1. The van der Waals surface area contributed by atoms with Gasteiger partial charge in [0.1, 0.15) is 19.0 Å². The second-order valence-electron chi connectivity index (χ2n) is 9.98. The summed E-state index contributed by atoms with van der Waals surface area (Å²) in [5.74, 6) is 0.0125. The smallest absolute Gasteiger partial charge is 0.301 e. The fourth-order valence-corrected chi connectivity index (χ4v) is 6.36. The first-order valence-electron chi connectivity index (χ1n) is 14.1. The van der Waals surface area contributed by atoms with Crippen LogP contribution in [-0.2, 0) is 9.59 Å². The molecule has 3 heterocycles. The van der Waals surface area contributed by atoms with E-state index in [0.717, 1.165) is 17.5 Å². The second kappa shape index (κ2) is 12.1. The standard InChI is InChI=1S/C32H29ClN2O7S/c1-3-5-12-40-22-10-6-18(15-24(22)39-4-2)28-27(29(36)19-7-11-23-25(16-19)42-14-13-41-23)30(37)31(38)35(28)32-34-21-9-8-20(33)17-26(21)43-32/h6-11,15-17,28,36H,3-5,12-14H2,1-2H3/t28-/m1/s1. The number of carbonyl (C=O) groups is 2. The number of thiazole rings is 1. The molecule has 0 unspecified atom stereocenters. The summed E-state index contributed by atoms with van der Waals surface area (Å²) in [6, 6.07) is 14.4. The number of Topliss-reactive ketones (excluding diaryl/α,β-unsaturated/α-hetero) is 1. The number of rotatable bonds is 9. The summed E-state index contributed by atoms with van der Waals surface area (Å²) in [7, 11) is 0. The SMILES string of the molecule is CCCCOc1ccc([C@@H]2C(=C(O)c3ccc4c(c3)OCCO4)C(=O)C(=O)N2c2nc3ccc(Cl)cc3s2)cc1OCC. The highest BCUT2D eigenvalue weighted by Gasteiger charge is 2.48. The highest BCUT2D eigenvalue weighted by Crippen LogP contribution is 2.46. The third-order valence-corrected chi connectivity index (χ3v) is 8.40. The number of carbonyl (C=O) groups excluding carboxylic acids is 2. The first kappa shape index (κ1) is 28.8. The molecular weight excluding hydrogens is 592 g/mol. The van der Waals surface area contributed by atoms with Gasteiger partial charge in [0.2, 0.25) is 0 Å². The molecule has 1 saturated heterocycles. The fourth-order valence-electron chi connectivity index (χ4n) is 5.09. The summed E-state index contributed by atoms with van der Waals surface area (Å²) in [5.41, 5.74) is 1.40. The summed E-state index contributed by atoms with van der Waals surface area (Å²) in [5, 5.41) is 12.5. The molecule has 0 radical (unpaired) electrons. The molecule has 1 fully saturated rings. The Labute approximate surface area is 257 Å². The first-order valence-corrected chi connectivity index (χ1v) is 15.3. The number of halogens is 1. The number of hydrogen-bond donors (Lipinski definition) is 1. The van der Waals surface area contributed by atoms with Gasteiger partial charge in [-0.1, -0.05) is 42.3 Å². The summed E-state index contributed by atoms with van der Waals surface area (Å²) in [6.45, 7) is 5.61. The van der Waals surface area contributed by atoms with Gasteiger partial charge >= 0.3 is 5.91 Å². The van der Waals surface area contributed by atoms with E-state index in [1.165, 1.54) is 16.2 Å². The van der Waals surface area contributed by atoms with Crippen LogP contribution in [-0.4, -0.2) is 48.2 Å². The molecule has 1 aromatic heterocycles. The number of anilines is 1. The molecule has 6 rings (SSSR count). The molecule has 9 nitrogen and oxygen atoms in total. The molecule has 222 valence electrons. The maximum atomic E-state index is 13.7. The number of aromatic nitrogens is 1. The second-order valence-corrected chi connectivity index (χ2v) is 11.4. The van der Waals surface area contributed by atoms with E-state index in [9.17, 15) is 14.7 Å². The number of fused-ring (bicyclic) bond motifs is 2. The van der Waals surface area contributed by atoms with E-state index < -0.39 is 17.7 Å². The van der Waals surface area contributed by atoms with E-state index in [-0.39, 0.29) is 11.3 Å². The van der Waals surface area contributed by atoms with Gasteiger partial charge in [-0.05, 0) is 67.4 Å². The van der Waals surface area contributed by atoms with Crippen molar-refractivity contribution in [2.45, 2.75) is 32.7 Å². The van der Waals surface area contributed by atoms with Crippen LogP contribution in [0.25, 0.3) is 16.0 Å². The van der Waals surface area contributed by atoms with E-state index in [0.29, 0.717) is 76.2 Å². The summed E-state index contributed by atoms with van der Waals surface area (Å²) >= 11 is 7.45. The van der Waals surface area contributed by atoms with Crippen molar-refractivity contribution >= 4 is 55.7 Å². The number of nitrogens with zero attached hydrogens (tertiary/aromatic N) is 2. The third-order valence-electron chi connectivity index (χ3n) is 7.14. The van der Waals surface area contributed by atoms with Gasteiger partial charge in [-0.25, -0.2) is 4.98 Å². The normalized spacial score (nSPS) is 17.5. The minimum atomic E-state index is -1.01. The van der Waals surface area contributed by atoms with Crippen LogP contribution in [0, 0.1) is 0 Å². The largest absolute Gasteiger partial charge is 0.507 e. The maximum absolute atomic E-state index is 13.7. The molecule has 3 aromatic carbocycles. The lowest BCUT2D eigenvalue weighted by Crippen LogP contribution is -2.29. The zero-order valence-electron chi connectivity index (χ0n) is 23.6. The highest BCUT2D eigenvalue weighted by molar-refractivity contribution is 7.22. The van der Waals surface area contributed by atoms with Crippen LogP contribution in [0.1, 0.15) is 43.9 Å². The molecular formula is C32H29ClN2O7S. The molecule has 11 heteroatoms. The van der Waals surface area contributed by atoms with Gasteiger partial charge in [0, 0.05) is 10.6 Å². The van der Waals surface area contributed by atoms with Crippen LogP contribution in [0.5, 0.6) is 23.0 Å². The lowest BCUT2D eigenvalue weighted by Gasteiger charge is -2.24. The third kappa shape index (κ3) is 5.48. The van der Waals surface area contributed by atoms with Crippen LogP contribution in [0.2, 0.25) is 5.02 Å². The minimum absolute atomic E-state index is 0.0823. The molecule has 0 aliphatic carbocycles. The minimum Gasteiger partial charge on any atom is -0.507 e. The van der Waals surface area contributed by atoms with Crippen molar-refractivity contribution in [2.75, 3.05) is 31.3 Å². The van der Waals surface area contributed by atoms with Crippen LogP contribution in [0.15, 0.2) is 60.2 Å². The van der Waals surface area contributed by atoms with E-state index in [1.54, 1.807) is 54.6 Å². The molecule has 43 heavy (non-hydrogen) atoms. The number of aliphatic hydroxyl groups excluding tert-OH is 1. The molecule has 0 bridgehead atoms. The zero-order valence-corrected chi connectivity index (χ0v) is 25.2. The van der Waals surface area contributed by atoms with Crippen molar-refractivity contribution in [3.8, 4) is 23.0 Å². The summed E-state index contributed by atoms with van der Waals surface area (Å²) in [4.78, 5) is 33.5. The highest BCUT2D eigenvalue weighted by atomic mass is 35.5. The van der Waals surface area contributed by atoms with Gasteiger partial charge in [-0.2, -0.15) is 0 Å². The van der Waals surface area contributed by atoms with Crippen molar-refractivity contribution in [1.82, 2.24) is 4.98 Å². The van der Waals surface area contributed by atoms with Gasteiger partial charge in [0.25, 0.3) is 5.78 Å². The number of unbranched alkanes of at least 4 members (excludes halogenated alkanes) is 1. The Morgan fingerprint density at radius 1 is 1.02 bits per heavy atom. The van der Waals surface area contributed by atoms with Gasteiger partial charge < -0.3 is 24.1 Å². The lowest BCUT2D eigenvalue weighted by atomic mass is 9.95. The Morgan fingerprint density at radius 3 is 2.63 bits per heavy atom. The average molecular weight is 621 g/mol. The van der Waals surface area contributed by atoms with E-state index >= 15 is 0 Å². The molecule has 2 aliphatic rings. The van der Waals surface area contributed by atoms with Gasteiger partial charge in [0.15, 0.2) is 28.1 Å². The molecule has 1 atom stereocenters. The van der Waals surface area contributed by atoms with Crippen molar-refractivity contribution in [3.05, 3.63) is 76.3 Å². The predicted molar refractivity (Wildman–Crippen MR) is 165 cm³/mol. The monoisotopic (exact) mass is 620 g/mol. The number of hydrogen-bond acceptors (Lipinski definition) is 9. The van der Waals surface area contributed by atoms with Gasteiger partial charge in [0.05, 0.1) is 35.0 Å². The first-order chi connectivity index (χ1) is 20.9. The molecule has 4 aromatic rings. The van der Waals surface area contributed by atoms with E-state index in [4.69, 9.17) is 30.5 Å². The predicted octanol–water partition coefficient (Wildman–Crippen LogP) is 6.92. The van der Waals surface area contributed by atoms with Crippen LogP contribution in [0.3, 0.4) is 0 Å². The average Bonchev–Trinajstić information content (AvgIpc) is 3.54. The van der Waals surface area contributed by atoms with Gasteiger partial charge in [-0.15, -0.1) is 0 Å². The van der Waals surface area contributed by atoms with E-state index in [1.807, 2.05) is 6.92 Å². The number of benzene rings is 3.